The molecule has 0 amide bonds. The molecule has 11 aromatic rings. The first-order chi connectivity index (χ1) is 25.8. The number of fused-ring (bicyclic) bond motifs is 9. The normalized spacial score (nSPS) is 11.8. The Morgan fingerprint density at radius 3 is 1.33 bits per heavy atom. The Bertz CT molecular complexity index is 3080. The molecule has 3 heterocycles. The van der Waals surface area contributed by atoms with Crippen LogP contribution in [0, 0.1) is 0 Å². The lowest BCUT2D eigenvalue weighted by atomic mass is 9.91. The minimum absolute atomic E-state index is 0.657. The molecule has 8 aromatic carbocycles. The van der Waals surface area contributed by atoms with Crippen molar-refractivity contribution in [3.63, 3.8) is 0 Å². The Morgan fingerprint density at radius 2 is 0.712 bits per heavy atom. The highest BCUT2D eigenvalue weighted by atomic mass is 32.1. The van der Waals surface area contributed by atoms with Crippen molar-refractivity contribution in [3.8, 4) is 45.3 Å². The van der Waals surface area contributed by atoms with Crippen LogP contribution in [0.25, 0.3) is 107 Å². The number of nitrogens with zero attached hydrogens (tertiary/aromatic N) is 3. The van der Waals surface area contributed by atoms with Crippen LogP contribution < -0.4 is 0 Å². The number of aromatic nitrogens is 3. The Labute approximate surface area is 307 Å². The van der Waals surface area contributed by atoms with Gasteiger partial charge in [-0.05, 0) is 63.0 Å². The fourth-order valence-electron chi connectivity index (χ4n) is 7.77. The van der Waals surface area contributed by atoms with Gasteiger partial charge in [0, 0.05) is 57.0 Å². The highest BCUT2D eigenvalue weighted by Gasteiger charge is 2.21. The molecule has 0 saturated heterocycles. The van der Waals surface area contributed by atoms with Gasteiger partial charge >= 0.3 is 0 Å². The van der Waals surface area contributed by atoms with Gasteiger partial charge < -0.3 is 0 Å². The quantitative estimate of drug-likeness (QED) is 0.172. The van der Waals surface area contributed by atoms with Crippen LogP contribution in [0.2, 0.25) is 0 Å². The maximum absolute atomic E-state index is 5.36. The molecule has 0 aliphatic carbocycles. The summed E-state index contributed by atoms with van der Waals surface area (Å²) in [6.07, 6.45) is 0. The van der Waals surface area contributed by atoms with E-state index < -0.39 is 0 Å². The van der Waals surface area contributed by atoms with Gasteiger partial charge in [-0.2, -0.15) is 0 Å². The number of thiophene rings is 2. The molecule has 0 aliphatic rings. The van der Waals surface area contributed by atoms with Gasteiger partial charge in [-0.15, -0.1) is 22.7 Å². The minimum Gasteiger partial charge on any atom is -0.208 e. The van der Waals surface area contributed by atoms with E-state index in [1.807, 2.05) is 0 Å². The van der Waals surface area contributed by atoms with E-state index in [2.05, 4.69) is 164 Å². The number of rotatable bonds is 4. The third-order valence-electron chi connectivity index (χ3n) is 10.2. The smallest absolute Gasteiger partial charge is 0.165 e. The van der Waals surface area contributed by atoms with Crippen LogP contribution >= 0.6 is 22.7 Å². The number of benzene rings is 8. The summed E-state index contributed by atoms with van der Waals surface area (Å²) in [6.45, 7) is 0. The second kappa shape index (κ2) is 11.6. The van der Waals surface area contributed by atoms with Gasteiger partial charge in [-0.25, -0.2) is 15.0 Å². The summed E-state index contributed by atoms with van der Waals surface area (Å²) >= 11 is 3.59. The lowest BCUT2D eigenvalue weighted by molar-refractivity contribution is 1.08. The van der Waals surface area contributed by atoms with Gasteiger partial charge in [0.25, 0.3) is 0 Å². The lowest BCUT2D eigenvalue weighted by Crippen LogP contribution is -2.01. The molecule has 0 fully saturated rings. The first-order valence-electron chi connectivity index (χ1n) is 17.4. The highest BCUT2D eigenvalue weighted by molar-refractivity contribution is 7.26. The zero-order valence-corrected chi connectivity index (χ0v) is 29.4. The first-order valence-corrected chi connectivity index (χ1v) is 19.0. The molecule has 0 radical (unpaired) electrons. The highest BCUT2D eigenvalue weighted by Crippen LogP contribution is 2.44. The average molecular weight is 698 g/mol. The van der Waals surface area contributed by atoms with Crippen molar-refractivity contribution in [2.45, 2.75) is 0 Å². The molecule has 0 spiro atoms. The fourth-order valence-corrected chi connectivity index (χ4v) is 10.2. The van der Waals surface area contributed by atoms with Crippen molar-refractivity contribution < 1.29 is 0 Å². The monoisotopic (exact) mass is 697 g/mol. The zero-order valence-electron chi connectivity index (χ0n) is 27.7. The third-order valence-corrected chi connectivity index (χ3v) is 12.6. The van der Waals surface area contributed by atoms with E-state index >= 15 is 0 Å². The van der Waals surface area contributed by atoms with Gasteiger partial charge in [0.1, 0.15) is 0 Å². The maximum atomic E-state index is 5.36. The summed E-state index contributed by atoms with van der Waals surface area (Å²) in [5.41, 5.74) is 5.25. The van der Waals surface area contributed by atoms with Crippen LogP contribution in [0.5, 0.6) is 0 Å². The van der Waals surface area contributed by atoms with Crippen molar-refractivity contribution in [2.24, 2.45) is 0 Å². The summed E-state index contributed by atoms with van der Waals surface area (Å²) in [4.78, 5) is 16.0. The van der Waals surface area contributed by atoms with Gasteiger partial charge in [0.05, 0.1) is 0 Å². The Balaban J connectivity index is 1.21. The average Bonchev–Trinajstić information content (AvgIpc) is 3.79. The second-order valence-corrected chi connectivity index (χ2v) is 15.2. The molecule has 52 heavy (non-hydrogen) atoms. The van der Waals surface area contributed by atoms with Gasteiger partial charge in [-0.3, -0.25) is 0 Å². The summed E-state index contributed by atoms with van der Waals surface area (Å²) in [6, 6.07) is 58.4. The second-order valence-electron chi connectivity index (χ2n) is 13.1. The van der Waals surface area contributed by atoms with Crippen molar-refractivity contribution in [1.82, 2.24) is 15.0 Å². The largest absolute Gasteiger partial charge is 0.208 e. The molecule has 3 aromatic heterocycles. The molecule has 0 unspecified atom stereocenters. The zero-order chi connectivity index (χ0) is 34.2. The molecule has 0 N–H and O–H groups in total. The molecule has 0 bridgehead atoms. The molecule has 0 aliphatic heterocycles. The van der Waals surface area contributed by atoms with Gasteiger partial charge in [0.15, 0.2) is 17.5 Å². The molecular weight excluding hydrogens is 671 g/mol. The van der Waals surface area contributed by atoms with Gasteiger partial charge in [-0.1, -0.05) is 133 Å². The Hall–Kier alpha value is -6.27. The summed E-state index contributed by atoms with van der Waals surface area (Å²) in [7, 11) is 0. The number of hydrogen-bond donors (Lipinski definition) is 0. The maximum Gasteiger partial charge on any atom is 0.165 e. The van der Waals surface area contributed by atoms with E-state index in [1.165, 1.54) is 61.9 Å². The lowest BCUT2D eigenvalue weighted by Gasteiger charge is -2.15. The van der Waals surface area contributed by atoms with Crippen LogP contribution in [0.4, 0.5) is 0 Å². The van der Waals surface area contributed by atoms with Crippen LogP contribution in [0.1, 0.15) is 0 Å². The predicted molar refractivity (Wildman–Crippen MR) is 222 cm³/mol. The SMILES string of the molecule is c1ccc(-c2cc3ccccc3c3ccccc23)c(-c2nc(-c3cccc4c3sc3ccccc34)nc(-c3cccc4c3sc3ccccc34)n2)c1. The molecule has 242 valence electrons. The number of hydrogen-bond acceptors (Lipinski definition) is 5. The van der Waals surface area contributed by atoms with E-state index in [4.69, 9.17) is 15.0 Å². The fraction of sp³-hybridized carbons (Fsp3) is 0. The van der Waals surface area contributed by atoms with Gasteiger partial charge in [0.2, 0.25) is 0 Å². The summed E-state index contributed by atoms with van der Waals surface area (Å²) < 4.78 is 4.87. The molecule has 3 nitrogen and oxygen atoms in total. The molecule has 11 rings (SSSR count). The van der Waals surface area contributed by atoms with Crippen molar-refractivity contribution >= 4 is 84.6 Å². The van der Waals surface area contributed by atoms with E-state index in [-0.39, 0.29) is 0 Å². The molecule has 5 heteroatoms. The van der Waals surface area contributed by atoms with E-state index in [9.17, 15) is 0 Å². The minimum atomic E-state index is 0.657. The van der Waals surface area contributed by atoms with Crippen LogP contribution in [-0.4, -0.2) is 15.0 Å². The van der Waals surface area contributed by atoms with E-state index in [0.717, 1.165) is 27.8 Å². The van der Waals surface area contributed by atoms with Crippen LogP contribution in [0.15, 0.2) is 164 Å². The van der Waals surface area contributed by atoms with Crippen molar-refractivity contribution in [3.05, 3.63) is 164 Å². The Morgan fingerprint density at radius 1 is 0.288 bits per heavy atom. The predicted octanol–water partition coefficient (Wildman–Crippen LogP) is 13.6. The third kappa shape index (κ3) is 4.53. The topological polar surface area (TPSA) is 38.7 Å². The molecule has 0 saturated carbocycles. The van der Waals surface area contributed by atoms with Crippen molar-refractivity contribution in [2.75, 3.05) is 0 Å². The van der Waals surface area contributed by atoms with E-state index in [0.29, 0.717) is 17.5 Å². The first kappa shape index (κ1) is 29.5. The Kier molecular flexibility index (Phi) is 6.59. The summed E-state index contributed by atoms with van der Waals surface area (Å²) in [5.74, 6) is 2.01. The van der Waals surface area contributed by atoms with Crippen LogP contribution in [0.3, 0.4) is 0 Å². The van der Waals surface area contributed by atoms with E-state index in [1.54, 1.807) is 22.7 Å². The molecule has 0 atom stereocenters. The van der Waals surface area contributed by atoms with Crippen molar-refractivity contribution in [1.29, 1.82) is 0 Å². The summed E-state index contributed by atoms with van der Waals surface area (Å²) in [5, 5.41) is 9.83. The standard InChI is InChI=1S/C47H27N3S2/c1-2-14-29-28(13-1)27-40(31-16-4-3-15-30(29)31)32-17-5-6-20-37(32)45-48-46(38-23-11-21-35-33-18-7-9-25-41(33)51-43(35)38)50-47(49-45)39-24-12-22-36-34-19-8-10-26-42(34)52-44(36)39/h1-27H. The van der Waals surface area contributed by atoms with Crippen LogP contribution in [-0.2, 0) is 0 Å². The molecular formula is C47H27N3S2.